The number of alkyl halides is 6. The van der Waals surface area contributed by atoms with Crippen LogP contribution in [0.1, 0.15) is 16.8 Å². The van der Waals surface area contributed by atoms with Crippen LogP contribution in [0.25, 0.3) is 0 Å². The fourth-order valence-electron chi connectivity index (χ4n) is 2.88. The summed E-state index contributed by atoms with van der Waals surface area (Å²) in [4.78, 5) is 25.0. The van der Waals surface area contributed by atoms with E-state index in [2.05, 4.69) is 9.47 Å². The average molecular weight is 415 g/mol. The fraction of sp³-hybridized carbons (Fsp3) is 0.500. The van der Waals surface area contributed by atoms with Gasteiger partial charge in [0.1, 0.15) is 11.5 Å². The Hall–Kier alpha value is -2.66. The molecule has 28 heavy (non-hydrogen) atoms. The molecule has 1 aromatic rings. The van der Waals surface area contributed by atoms with Gasteiger partial charge in [-0.15, -0.1) is 13.2 Å². The summed E-state index contributed by atoms with van der Waals surface area (Å²) in [5.74, 6) is -3.66. The Bertz CT molecular complexity index is 763. The summed E-state index contributed by atoms with van der Waals surface area (Å²) >= 11 is 0. The molecule has 1 saturated heterocycles. The highest BCUT2D eigenvalue weighted by molar-refractivity contribution is 5.98. The second-order valence-electron chi connectivity index (χ2n) is 5.96. The predicted molar refractivity (Wildman–Crippen MR) is 80.7 cm³/mol. The van der Waals surface area contributed by atoms with Crippen LogP contribution in [-0.2, 0) is 9.53 Å². The highest BCUT2D eigenvalue weighted by Crippen LogP contribution is 2.47. The van der Waals surface area contributed by atoms with Crippen LogP contribution in [0.3, 0.4) is 0 Å². The largest absolute Gasteiger partial charge is 0.573 e. The van der Waals surface area contributed by atoms with E-state index in [4.69, 9.17) is 4.74 Å². The number of carbonyl (C=O) groups excluding carboxylic acids is 2. The molecule has 12 heteroatoms. The van der Waals surface area contributed by atoms with Gasteiger partial charge in [-0.25, -0.2) is 0 Å². The van der Waals surface area contributed by atoms with Crippen LogP contribution in [-0.4, -0.2) is 56.6 Å². The number of benzene rings is 1. The summed E-state index contributed by atoms with van der Waals surface area (Å²) in [6.07, 6.45) is -10.9. The van der Waals surface area contributed by atoms with E-state index >= 15 is 0 Å². The van der Waals surface area contributed by atoms with Crippen molar-refractivity contribution in [2.75, 3.05) is 27.3 Å². The molecule has 0 radical (unpaired) electrons. The lowest BCUT2D eigenvalue weighted by atomic mass is 9.86. The molecule has 0 aliphatic carbocycles. The third-order valence-electron chi connectivity index (χ3n) is 4.32. The van der Waals surface area contributed by atoms with Crippen molar-refractivity contribution in [3.05, 3.63) is 23.8 Å². The van der Waals surface area contributed by atoms with Gasteiger partial charge in [0, 0.05) is 13.1 Å². The molecule has 156 valence electrons. The predicted octanol–water partition coefficient (Wildman–Crippen LogP) is 3.16. The zero-order chi connectivity index (χ0) is 21.3. The zero-order valence-electron chi connectivity index (χ0n) is 14.6. The van der Waals surface area contributed by atoms with Crippen molar-refractivity contribution in [3.8, 4) is 11.5 Å². The van der Waals surface area contributed by atoms with Gasteiger partial charge in [-0.05, 0) is 24.6 Å². The van der Waals surface area contributed by atoms with Gasteiger partial charge in [-0.1, -0.05) is 0 Å². The van der Waals surface area contributed by atoms with Crippen LogP contribution in [0.15, 0.2) is 18.2 Å². The highest BCUT2D eigenvalue weighted by Gasteiger charge is 2.64. The lowest BCUT2D eigenvalue weighted by Crippen LogP contribution is -2.48. The van der Waals surface area contributed by atoms with E-state index in [0.717, 1.165) is 25.3 Å². The van der Waals surface area contributed by atoms with Gasteiger partial charge in [0.05, 0.1) is 19.8 Å². The van der Waals surface area contributed by atoms with Gasteiger partial charge in [0.15, 0.2) is 5.41 Å². The average Bonchev–Trinajstić information content (AvgIpc) is 3.06. The number of hydrogen-bond donors (Lipinski definition) is 0. The second kappa shape index (κ2) is 7.40. The minimum absolute atomic E-state index is 0.00729. The maximum absolute atomic E-state index is 13.5. The number of halogens is 6. The Morgan fingerprint density at radius 2 is 1.75 bits per heavy atom. The normalized spacial score (nSPS) is 20.1. The zero-order valence-corrected chi connectivity index (χ0v) is 14.6. The monoisotopic (exact) mass is 415 g/mol. The topological polar surface area (TPSA) is 65.1 Å². The van der Waals surface area contributed by atoms with Crippen molar-refractivity contribution < 1.29 is 50.1 Å². The lowest BCUT2D eigenvalue weighted by molar-refractivity contribution is -0.274. The first-order valence-corrected chi connectivity index (χ1v) is 7.73. The molecule has 1 unspecified atom stereocenters. The number of hydrogen-bond acceptors (Lipinski definition) is 5. The van der Waals surface area contributed by atoms with Crippen LogP contribution < -0.4 is 9.47 Å². The summed E-state index contributed by atoms with van der Waals surface area (Å²) < 4.78 is 91.1. The number of amides is 1. The molecule has 0 saturated carbocycles. The van der Waals surface area contributed by atoms with E-state index in [1.54, 1.807) is 0 Å². The molecule has 1 atom stereocenters. The van der Waals surface area contributed by atoms with E-state index < -0.39 is 60.7 Å². The minimum Gasteiger partial charge on any atom is -0.497 e. The molecule has 0 spiro atoms. The maximum Gasteiger partial charge on any atom is 0.573 e. The first kappa shape index (κ1) is 21.6. The van der Waals surface area contributed by atoms with Crippen molar-refractivity contribution in [3.63, 3.8) is 0 Å². The smallest absolute Gasteiger partial charge is 0.497 e. The van der Waals surface area contributed by atoms with Gasteiger partial charge in [-0.3, -0.25) is 9.59 Å². The summed E-state index contributed by atoms with van der Waals surface area (Å²) in [5.41, 5.74) is -3.61. The molecule has 6 nitrogen and oxygen atoms in total. The third-order valence-corrected chi connectivity index (χ3v) is 4.32. The van der Waals surface area contributed by atoms with E-state index in [1.807, 2.05) is 0 Å². The number of carbonyl (C=O) groups is 2. The third kappa shape index (κ3) is 4.09. The molecule has 2 rings (SSSR count). The molecule has 1 aliphatic rings. The Labute approximate surface area is 154 Å². The Kier molecular flexibility index (Phi) is 5.72. The first-order valence-electron chi connectivity index (χ1n) is 7.73. The minimum atomic E-state index is -5.13. The van der Waals surface area contributed by atoms with Crippen molar-refractivity contribution in [1.82, 2.24) is 4.90 Å². The van der Waals surface area contributed by atoms with Gasteiger partial charge >= 0.3 is 18.5 Å². The van der Waals surface area contributed by atoms with Crippen molar-refractivity contribution in [2.24, 2.45) is 5.41 Å². The van der Waals surface area contributed by atoms with E-state index in [0.29, 0.717) is 4.90 Å². The van der Waals surface area contributed by atoms with Crippen LogP contribution in [0.5, 0.6) is 11.5 Å². The van der Waals surface area contributed by atoms with Crippen LogP contribution in [0.4, 0.5) is 26.3 Å². The first-order chi connectivity index (χ1) is 12.8. The van der Waals surface area contributed by atoms with Crippen molar-refractivity contribution >= 4 is 11.9 Å². The highest BCUT2D eigenvalue weighted by atomic mass is 19.4. The molecule has 1 amide bonds. The van der Waals surface area contributed by atoms with Crippen LogP contribution in [0, 0.1) is 5.41 Å². The number of ether oxygens (including phenoxy) is 3. The molecular weight excluding hydrogens is 400 g/mol. The Balaban J connectivity index is 2.40. The number of likely N-dealkylation sites (tertiary alicyclic amines) is 1. The van der Waals surface area contributed by atoms with Gasteiger partial charge < -0.3 is 19.1 Å². The van der Waals surface area contributed by atoms with Crippen molar-refractivity contribution in [1.29, 1.82) is 0 Å². The molecular formula is C16H15F6NO5. The SMILES string of the molecule is COC(=O)C1(C(F)(F)F)CCN(C(=O)c2cc(OC)ccc2OC(F)(F)F)C1. The number of esters is 1. The van der Waals surface area contributed by atoms with E-state index in [1.165, 1.54) is 7.11 Å². The van der Waals surface area contributed by atoms with Crippen LogP contribution in [0.2, 0.25) is 0 Å². The Morgan fingerprint density at radius 1 is 1.11 bits per heavy atom. The van der Waals surface area contributed by atoms with Gasteiger partial charge in [0.25, 0.3) is 5.91 Å². The summed E-state index contributed by atoms with van der Waals surface area (Å²) in [7, 11) is 1.97. The number of methoxy groups -OCH3 is 2. The van der Waals surface area contributed by atoms with E-state index in [-0.39, 0.29) is 5.75 Å². The number of rotatable bonds is 4. The summed E-state index contributed by atoms with van der Waals surface area (Å²) in [6.45, 7) is -1.61. The molecule has 0 aromatic heterocycles. The number of nitrogens with zero attached hydrogens (tertiary/aromatic N) is 1. The molecule has 1 aromatic carbocycles. The van der Waals surface area contributed by atoms with E-state index in [9.17, 15) is 35.9 Å². The molecule has 1 heterocycles. The van der Waals surface area contributed by atoms with Crippen LogP contribution >= 0.6 is 0 Å². The summed E-state index contributed by atoms with van der Waals surface area (Å²) in [6, 6.07) is 2.82. The van der Waals surface area contributed by atoms with Crippen molar-refractivity contribution in [2.45, 2.75) is 19.0 Å². The van der Waals surface area contributed by atoms with Gasteiger partial charge in [0.2, 0.25) is 0 Å². The lowest BCUT2D eigenvalue weighted by Gasteiger charge is -2.28. The quantitative estimate of drug-likeness (QED) is 0.559. The van der Waals surface area contributed by atoms with Gasteiger partial charge in [-0.2, -0.15) is 13.2 Å². The fourth-order valence-corrected chi connectivity index (χ4v) is 2.88. The summed E-state index contributed by atoms with van der Waals surface area (Å²) in [5, 5.41) is 0. The molecule has 1 fully saturated rings. The standard InChI is InChI=1S/C16H15F6NO5/c1-26-9-3-4-11(28-16(20,21)22)10(7-9)12(24)23-6-5-14(8-23,13(25)27-2)15(17,18)19/h3-4,7H,5-6,8H2,1-2H3. The molecule has 1 aliphatic heterocycles. The maximum atomic E-state index is 13.5. The molecule has 0 N–H and O–H groups in total. The Morgan fingerprint density at radius 3 is 2.25 bits per heavy atom. The second-order valence-corrected chi connectivity index (χ2v) is 5.96. The molecule has 0 bridgehead atoms.